The fourth-order valence-corrected chi connectivity index (χ4v) is 5.13. The zero-order chi connectivity index (χ0) is 30.1. The fourth-order valence-electron chi connectivity index (χ4n) is 4.63. The summed E-state index contributed by atoms with van der Waals surface area (Å²) in [5, 5.41) is 8.94. The average Bonchev–Trinajstić information content (AvgIpc) is 3.57. The molecule has 0 bridgehead atoms. The quantitative estimate of drug-likeness (QED) is 0.108. The molecule has 2 aromatic heterocycles. The van der Waals surface area contributed by atoms with E-state index in [9.17, 15) is 18.0 Å². The maximum Gasteiger partial charge on any atom is 0.265 e. The van der Waals surface area contributed by atoms with Crippen LogP contribution in [-0.4, -0.2) is 85.0 Å². The summed E-state index contributed by atoms with van der Waals surface area (Å²) in [6.45, 7) is 4.47. The van der Waals surface area contributed by atoms with Crippen molar-refractivity contribution in [3.8, 4) is 22.8 Å². The van der Waals surface area contributed by atoms with Crippen LogP contribution in [0.5, 0.6) is 0 Å². The second-order valence-electron chi connectivity index (χ2n) is 9.83. The van der Waals surface area contributed by atoms with E-state index in [4.69, 9.17) is 18.8 Å². The number of aliphatic hydroxyl groups is 1. The first-order valence-electron chi connectivity index (χ1n) is 13.6. The molecule has 3 aromatic rings. The molecule has 1 aliphatic heterocycles. The number of oxazole rings is 1. The molecule has 0 atom stereocenters. The number of rotatable bonds is 16. The summed E-state index contributed by atoms with van der Waals surface area (Å²) in [6.07, 6.45) is 8.80. The topological polar surface area (TPSA) is 154 Å². The zero-order valence-corrected chi connectivity index (χ0v) is 24.2. The molecular weight excluding hydrogens is 564 g/mol. The van der Waals surface area contributed by atoms with E-state index in [1.54, 1.807) is 18.6 Å². The third kappa shape index (κ3) is 8.55. The van der Waals surface area contributed by atoms with E-state index >= 15 is 0 Å². The Bertz CT molecular complexity index is 1500. The van der Waals surface area contributed by atoms with E-state index < -0.39 is 10.1 Å². The first-order valence-corrected chi connectivity index (χ1v) is 15.2. The lowest BCUT2D eigenvalue weighted by molar-refractivity contribution is -0.696. The van der Waals surface area contributed by atoms with Crippen LogP contribution in [0.1, 0.15) is 18.4 Å². The van der Waals surface area contributed by atoms with Gasteiger partial charge in [-0.25, -0.2) is 9.55 Å². The van der Waals surface area contributed by atoms with Crippen molar-refractivity contribution in [3.63, 3.8) is 0 Å². The van der Waals surface area contributed by atoms with Crippen molar-refractivity contribution in [2.45, 2.75) is 26.3 Å². The van der Waals surface area contributed by atoms with Gasteiger partial charge in [-0.3, -0.25) is 19.0 Å². The predicted molar refractivity (Wildman–Crippen MR) is 154 cm³/mol. The first kappa shape index (κ1) is 31.0. The summed E-state index contributed by atoms with van der Waals surface area (Å²) in [7, 11) is -3.98. The largest absolute Gasteiger partial charge is 0.436 e. The predicted octanol–water partition coefficient (Wildman–Crippen LogP) is 2.01. The number of aromatic nitrogens is 2. The molecule has 0 radical (unpaired) electrons. The van der Waals surface area contributed by atoms with Gasteiger partial charge in [0.1, 0.15) is 6.54 Å². The number of aryl methyl sites for hydroxylation is 2. The van der Waals surface area contributed by atoms with Gasteiger partial charge in [0.25, 0.3) is 21.9 Å². The molecule has 2 amide bonds. The molecule has 0 fully saturated rings. The SMILES string of the molecule is Cc1cc(-c2cnc(-c3cc[n+](CCCS(=O)(=O)O)cc3)o2)ccc1N(CCCOCCO)CCN1C(=O)C=CC1=O. The molecular formula is C29H35N4O8S+. The molecule has 3 heterocycles. The summed E-state index contributed by atoms with van der Waals surface area (Å²) in [6, 6.07) is 9.56. The van der Waals surface area contributed by atoms with Crippen LogP contribution >= 0.6 is 0 Å². The third-order valence-electron chi connectivity index (χ3n) is 6.73. The Labute approximate surface area is 244 Å². The molecule has 12 nitrogen and oxygen atoms in total. The molecule has 224 valence electrons. The fraction of sp³-hybridized carbons (Fsp3) is 0.379. The van der Waals surface area contributed by atoms with Crippen molar-refractivity contribution in [2.24, 2.45) is 0 Å². The van der Waals surface area contributed by atoms with Crippen LogP contribution in [0.4, 0.5) is 5.69 Å². The number of carbonyl (C=O) groups is 2. The van der Waals surface area contributed by atoms with E-state index in [-0.39, 0.29) is 37.3 Å². The van der Waals surface area contributed by atoms with Crippen LogP contribution in [0, 0.1) is 6.92 Å². The minimum Gasteiger partial charge on any atom is -0.436 e. The van der Waals surface area contributed by atoms with Gasteiger partial charge in [-0.15, -0.1) is 0 Å². The van der Waals surface area contributed by atoms with Crippen molar-refractivity contribution in [1.82, 2.24) is 9.88 Å². The third-order valence-corrected chi connectivity index (χ3v) is 7.54. The van der Waals surface area contributed by atoms with Crippen molar-refractivity contribution >= 4 is 27.6 Å². The van der Waals surface area contributed by atoms with Gasteiger partial charge in [-0.1, -0.05) is 0 Å². The Kier molecular flexibility index (Phi) is 10.6. The summed E-state index contributed by atoms with van der Waals surface area (Å²) < 4.78 is 44.0. The van der Waals surface area contributed by atoms with Crippen LogP contribution in [-0.2, 0) is 31.0 Å². The monoisotopic (exact) mass is 599 g/mol. The molecule has 1 aliphatic rings. The first-order chi connectivity index (χ1) is 20.1. The smallest absolute Gasteiger partial charge is 0.265 e. The van der Waals surface area contributed by atoms with Crippen LogP contribution in [0.3, 0.4) is 0 Å². The Balaban J connectivity index is 1.44. The zero-order valence-electron chi connectivity index (χ0n) is 23.4. The lowest BCUT2D eigenvalue weighted by Gasteiger charge is -2.28. The molecule has 1 aromatic carbocycles. The molecule has 0 unspecified atom stereocenters. The van der Waals surface area contributed by atoms with Gasteiger partial charge >= 0.3 is 0 Å². The normalized spacial score (nSPS) is 13.4. The van der Waals surface area contributed by atoms with Crippen LogP contribution in [0.2, 0.25) is 0 Å². The van der Waals surface area contributed by atoms with Crippen LogP contribution < -0.4 is 9.47 Å². The molecule has 4 rings (SSSR count). The molecule has 0 saturated carbocycles. The van der Waals surface area contributed by atoms with Crippen LogP contribution in [0.25, 0.3) is 22.8 Å². The Morgan fingerprint density at radius 3 is 2.43 bits per heavy atom. The summed E-state index contributed by atoms with van der Waals surface area (Å²) >= 11 is 0. The number of hydrogen-bond donors (Lipinski definition) is 2. The van der Waals surface area contributed by atoms with Gasteiger partial charge < -0.3 is 19.2 Å². The number of pyridine rings is 1. The summed E-state index contributed by atoms with van der Waals surface area (Å²) in [4.78, 5) is 31.8. The highest BCUT2D eigenvalue weighted by atomic mass is 32.2. The maximum atomic E-state index is 12.0. The molecule has 0 spiro atoms. The summed E-state index contributed by atoms with van der Waals surface area (Å²) in [5.41, 5.74) is 3.53. The maximum absolute atomic E-state index is 12.0. The molecule has 42 heavy (non-hydrogen) atoms. The van der Waals surface area contributed by atoms with Gasteiger partial charge in [0.05, 0.1) is 25.2 Å². The number of carbonyl (C=O) groups excluding carboxylic acids is 2. The number of imide groups is 1. The Hall–Kier alpha value is -3.91. The standard InChI is InChI=1S/C29H34N4O8S/c1-22-20-24(26-21-30-29(41-26)23-8-12-31(13-9-23)10-3-19-42(37,38)39)4-5-25(22)32(11-2-17-40-18-16-34)14-15-33-27(35)6-7-28(33)36/h4-9,12-13,20-21,34H,2-3,10-11,14-19H2,1H3/p+1. The van der Waals surface area contributed by atoms with Gasteiger partial charge in [0.15, 0.2) is 18.2 Å². The second kappa shape index (κ2) is 14.3. The minimum absolute atomic E-state index is 0.0379. The number of nitrogens with zero attached hydrogens (tertiary/aromatic N) is 4. The Morgan fingerprint density at radius 1 is 1.02 bits per heavy atom. The van der Waals surface area contributed by atoms with Gasteiger partial charge in [0.2, 0.25) is 5.89 Å². The van der Waals surface area contributed by atoms with E-state index in [0.717, 1.165) is 22.4 Å². The minimum atomic E-state index is -3.98. The second-order valence-corrected chi connectivity index (χ2v) is 11.4. The number of benzene rings is 1. The highest BCUT2D eigenvalue weighted by Crippen LogP contribution is 2.30. The highest BCUT2D eigenvalue weighted by molar-refractivity contribution is 7.85. The van der Waals surface area contributed by atoms with Crippen molar-refractivity contribution in [3.05, 3.63) is 66.6 Å². The van der Waals surface area contributed by atoms with Gasteiger partial charge in [-0.2, -0.15) is 8.42 Å². The van der Waals surface area contributed by atoms with Gasteiger partial charge in [-0.05, 0) is 37.1 Å². The highest BCUT2D eigenvalue weighted by Gasteiger charge is 2.24. The van der Waals surface area contributed by atoms with E-state index in [1.165, 1.54) is 17.1 Å². The summed E-state index contributed by atoms with van der Waals surface area (Å²) in [5.74, 6) is 0.104. The number of anilines is 1. The lowest BCUT2D eigenvalue weighted by atomic mass is 10.1. The van der Waals surface area contributed by atoms with Crippen molar-refractivity contribution in [2.75, 3.05) is 50.1 Å². The number of hydrogen-bond acceptors (Lipinski definition) is 9. The average molecular weight is 600 g/mol. The lowest BCUT2D eigenvalue weighted by Crippen LogP contribution is -2.39. The Morgan fingerprint density at radius 2 is 1.76 bits per heavy atom. The van der Waals surface area contributed by atoms with Crippen molar-refractivity contribution in [1.29, 1.82) is 0 Å². The van der Waals surface area contributed by atoms with Gasteiger partial charge in [0, 0.05) is 73.8 Å². The van der Waals surface area contributed by atoms with E-state index in [1.807, 2.05) is 41.8 Å². The number of ether oxygens (including phenoxy) is 1. The molecule has 0 aliphatic carbocycles. The molecule has 13 heteroatoms. The molecule has 0 saturated heterocycles. The number of aliphatic hydroxyl groups excluding tert-OH is 1. The molecule has 2 N–H and O–H groups in total. The van der Waals surface area contributed by atoms with E-state index in [2.05, 4.69) is 9.88 Å². The number of amides is 2. The van der Waals surface area contributed by atoms with Crippen molar-refractivity contribution < 1.29 is 41.4 Å². The van der Waals surface area contributed by atoms with E-state index in [0.29, 0.717) is 50.7 Å². The van der Waals surface area contributed by atoms with Crippen LogP contribution in [0.15, 0.2) is 65.5 Å².